The Morgan fingerprint density at radius 3 is 2.23 bits per heavy atom. The maximum absolute atomic E-state index is 9.13. The van der Waals surface area contributed by atoms with E-state index in [0.29, 0.717) is 12.3 Å². The molecule has 0 aliphatic rings. The second-order valence-corrected chi connectivity index (χ2v) is 3.97. The van der Waals surface area contributed by atoms with E-state index < -0.39 is 0 Å². The van der Waals surface area contributed by atoms with Gasteiger partial charge in [0.05, 0.1) is 0 Å². The highest BCUT2D eigenvalue weighted by Gasteiger charge is 2.18. The fraction of sp³-hybridized carbons (Fsp3) is 0.455. The van der Waals surface area contributed by atoms with Crippen LogP contribution in [0.15, 0.2) is 24.3 Å². The molecule has 0 aliphatic carbocycles. The normalized spacial score (nSPS) is 11.6. The Hall–Kier alpha value is -1.02. The molecular formula is C11H17NO. The van der Waals surface area contributed by atoms with Crippen LogP contribution in [0.25, 0.3) is 0 Å². The van der Waals surface area contributed by atoms with Crippen molar-refractivity contribution >= 4 is 0 Å². The van der Waals surface area contributed by atoms with Crippen molar-refractivity contribution in [1.29, 1.82) is 0 Å². The van der Waals surface area contributed by atoms with Crippen molar-refractivity contribution in [1.82, 2.24) is 0 Å². The van der Waals surface area contributed by atoms with Crippen LogP contribution < -0.4 is 5.73 Å². The van der Waals surface area contributed by atoms with Crippen LogP contribution in [0.3, 0.4) is 0 Å². The zero-order chi connectivity index (χ0) is 9.90. The number of nitrogens with two attached hydrogens (primary N) is 1. The first-order valence-electron chi connectivity index (χ1n) is 4.56. The highest BCUT2D eigenvalue weighted by Crippen LogP contribution is 2.27. The summed E-state index contributed by atoms with van der Waals surface area (Å²) in [5.74, 6) is 0.312. The average molecular weight is 179 g/mol. The monoisotopic (exact) mass is 179 g/mol. The lowest BCUT2D eigenvalue weighted by molar-refractivity contribution is 0.468. The molecule has 0 heterocycles. The number of phenols is 1. The molecule has 0 bridgehead atoms. The molecule has 72 valence electrons. The van der Waals surface area contributed by atoms with Gasteiger partial charge in [-0.3, -0.25) is 0 Å². The SMILES string of the molecule is CC(C)(CCN)c1ccc(O)cc1. The summed E-state index contributed by atoms with van der Waals surface area (Å²) in [6.45, 7) is 5.01. The van der Waals surface area contributed by atoms with Crippen LogP contribution in [0, 0.1) is 0 Å². The van der Waals surface area contributed by atoms with E-state index in [1.807, 2.05) is 12.1 Å². The maximum Gasteiger partial charge on any atom is 0.115 e. The van der Waals surface area contributed by atoms with Gasteiger partial charge in [0.2, 0.25) is 0 Å². The van der Waals surface area contributed by atoms with Gasteiger partial charge in [0.15, 0.2) is 0 Å². The third kappa shape index (κ3) is 2.46. The van der Waals surface area contributed by atoms with Gasteiger partial charge in [0.25, 0.3) is 0 Å². The quantitative estimate of drug-likeness (QED) is 0.745. The van der Waals surface area contributed by atoms with Crippen molar-refractivity contribution in [2.24, 2.45) is 5.73 Å². The zero-order valence-electron chi connectivity index (χ0n) is 8.25. The van der Waals surface area contributed by atoms with Crippen molar-refractivity contribution < 1.29 is 5.11 Å². The van der Waals surface area contributed by atoms with Crippen molar-refractivity contribution in [3.8, 4) is 5.75 Å². The lowest BCUT2D eigenvalue weighted by Crippen LogP contribution is -2.21. The van der Waals surface area contributed by atoms with E-state index in [4.69, 9.17) is 10.8 Å². The Morgan fingerprint density at radius 1 is 1.23 bits per heavy atom. The van der Waals surface area contributed by atoms with Crippen LogP contribution in [0.1, 0.15) is 25.8 Å². The van der Waals surface area contributed by atoms with Gasteiger partial charge in [-0.25, -0.2) is 0 Å². The fourth-order valence-corrected chi connectivity index (χ4v) is 1.42. The fourth-order valence-electron chi connectivity index (χ4n) is 1.42. The molecule has 1 aromatic rings. The Bertz CT molecular complexity index is 264. The van der Waals surface area contributed by atoms with Crippen molar-refractivity contribution in [3.05, 3.63) is 29.8 Å². The summed E-state index contributed by atoms with van der Waals surface area (Å²) in [6, 6.07) is 7.33. The molecular weight excluding hydrogens is 162 g/mol. The lowest BCUT2D eigenvalue weighted by Gasteiger charge is -2.24. The van der Waals surface area contributed by atoms with Crippen molar-refractivity contribution in [3.63, 3.8) is 0 Å². The van der Waals surface area contributed by atoms with Gasteiger partial charge < -0.3 is 10.8 Å². The Labute approximate surface area is 79.4 Å². The number of rotatable bonds is 3. The van der Waals surface area contributed by atoms with Crippen LogP contribution in [0.5, 0.6) is 5.75 Å². The smallest absolute Gasteiger partial charge is 0.115 e. The predicted octanol–water partition coefficient (Wildman–Crippen LogP) is 2.02. The first-order chi connectivity index (χ1) is 6.06. The van der Waals surface area contributed by atoms with E-state index >= 15 is 0 Å². The molecule has 0 amide bonds. The second kappa shape index (κ2) is 3.79. The highest BCUT2D eigenvalue weighted by molar-refractivity contribution is 5.30. The number of phenolic OH excluding ortho intramolecular Hbond substituents is 1. The molecule has 0 unspecified atom stereocenters. The first-order valence-corrected chi connectivity index (χ1v) is 4.56. The van der Waals surface area contributed by atoms with Gasteiger partial charge in [-0.1, -0.05) is 26.0 Å². The van der Waals surface area contributed by atoms with Gasteiger partial charge in [0, 0.05) is 0 Å². The molecule has 0 aliphatic heterocycles. The Kier molecular flexibility index (Phi) is 2.94. The van der Waals surface area contributed by atoms with Gasteiger partial charge in [-0.2, -0.15) is 0 Å². The Morgan fingerprint density at radius 2 is 1.77 bits per heavy atom. The Balaban J connectivity index is 2.87. The van der Waals surface area contributed by atoms with E-state index in [1.54, 1.807) is 12.1 Å². The summed E-state index contributed by atoms with van der Waals surface area (Å²) in [6.07, 6.45) is 0.956. The number of benzene rings is 1. The van der Waals surface area contributed by atoms with Crippen LogP contribution in [0.4, 0.5) is 0 Å². The van der Waals surface area contributed by atoms with Gasteiger partial charge in [0.1, 0.15) is 5.75 Å². The second-order valence-electron chi connectivity index (χ2n) is 3.97. The summed E-state index contributed by atoms with van der Waals surface area (Å²) >= 11 is 0. The van der Waals surface area contributed by atoms with Crippen molar-refractivity contribution in [2.75, 3.05) is 6.54 Å². The minimum atomic E-state index is 0.0997. The van der Waals surface area contributed by atoms with Crippen LogP contribution in [-0.4, -0.2) is 11.7 Å². The van der Waals surface area contributed by atoms with E-state index in [9.17, 15) is 0 Å². The van der Waals surface area contributed by atoms with Crippen LogP contribution >= 0.6 is 0 Å². The number of aromatic hydroxyl groups is 1. The summed E-state index contributed by atoms with van der Waals surface area (Å²) in [7, 11) is 0. The third-order valence-corrected chi connectivity index (χ3v) is 2.42. The summed E-state index contributed by atoms with van der Waals surface area (Å²) in [5.41, 5.74) is 6.85. The van der Waals surface area contributed by atoms with Gasteiger partial charge in [-0.15, -0.1) is 0 Å². The minimum Gasteiger partial charge on any atom is -0.508 e. The van der Waals surface area contributed by atoms with E-state index in [2.05, 4.69) is 13.8 Å². The van der Waals surface area contributed by atoms with Crippen molar-refractivity contribution in [2.45, 2.75) is 25.7 Å². The molecule has 0 atom stereocenters. The maximum atomic E-state index is 9.13. The van der Waals surface area contributed by atoms with Crippen LogP contribution in [-0.2, 0) is 5.41 Å². The first kappa shape index (κ1) is 10.1. The summed E-state index contributed by atoms with van der Waals surface area (Å²) in [5, 5.41) is 9.13. The molecule has 0 radical (unpaired) electrons. The topological polar surface area (TPSA) is 46.2 Å². The van der Waals surface area contributed by atoms with Crippen LogP contribution in [0.2, 0.25) is 0 Å². The van der Waals surface area contributed by atoms with E-state index in [-0.39, 0.29) is 5.41 Å². The zero-order valence-corrected chi connectivity index (χ0v) is 8.25. The van der Waals surface area contributed by atoms with Gasteiger partial charge in [-0.05, 0) is 36.1 Å². The van der Waals surface area contributed by atoms with Gasteiger partial charge >= 0.3 is 0 Å². The van der Waals surface area contributed by atoms with E-state index in [1.165, 1.54) is 5.56 Å². The molecule has 0 saturated heterocycles. The number of hydrogen-bond acceptors (Lipinski definition) is 2. The average Bonchev–Trinajstić information content (AvgIpc) is 2.05. The summed E-state index contributed by atoms with van der Waals surface area (Å²) < 4.78 is 0. The predicted molar refractivity (Wildman–Crippen MR) is 54.8 cm³/mol. The van der Waals surface area contributed by atoms with E-state index in [0.717, 1.165) is 6.42 Å². The molecule has 2 heteroatoms. The molecule has 1 rings (SSSR count). The molecule has 0 fully saturated rings. The highest BCUT2D eigenvalue weighted by atomic mass is 16.3. The minimum absolute atomic E-state index is 0.0997. The molecule has 3 N–H and O–H groups in total. The molecule has 0 aromatic heterocycles. The molecule has 0 spiro atoms. The lowest BCUT2D eigenvalue weighted by atomic mass is 9.82. The molecule has 13 heavy (non-hydrogen) atoms. The molecule has 0 saturated carbocycles. The standard InChI is InChI=1S/C11H17NO/c1-11(2,7-8-12)9-3-5-10(13)6-4-9/h3-6,13H,7-8,12H2,1-2H3. The third-order valence-electron chi connectivity index (χ3n) is 2.42. The largest absolute Gasteiger partial charge is 0.508 e. The number of hydrogen-bond donors (Lipinski definition) is 2. The summed E-state index contributed by atoms with van der Waals surface area (Å²) in [4.78, 5) is 0. The molecule has 2 nitrogen and oxygen atoms in total. The molecule has 1 aromatic carbocycles.